The van der Waals surface area contributed by atoms with Crippen LogP contribution in [0, 0.1) is 18.3 Å². The van der Waals surface area contributed by atoms with Crippen LogP contribution in [0.25, 0.3) is 0 Å². The molecule has 0 bridgehead atoms. The Hall–Kier alpha value is -2.43. The lowest BCUT2D eigenvalue weighted by molar-refractivity contribution is -0.120. The predicted molar refractivity (Wildman–Crippen MR) is 98.1 cm³/mol. The lowest BCUT2D eigenvalue weighted by Gasteiger charge is -2.12. The van der Waals surface area contributed by atoms with Gasteiger partial charge in [-0.1, -0.05) is 22.0 Å². The van der Waals surface area contributed by atoms with Crippen LogP contribution in [0.2, 0.25) is 0 Å². The molecule has 0 aliphatic rings. The normalized spacial score (nSPS) is 11.6. The van der Waals surface area contributed by atoms with Crippen molar-refractivity contribution in [2.45, 2.75) is 19.4 Å². The van der Waals surface area contributed by atoms with Crippen LogP contribution >= 0.6 is 15.9 Å². The van der Waals surface area contributed by atoms with E-state index in [1.54, 1.807) is 6.20 Å². The number of rotatable bonds is 8. The average molecular weight is 403 g/mol. The second-order valence-corrected chi connectivity index (χ2v) is 6.43. The lowest BCUT2D eigenvalue weighted by Crippen LogP contribution is -2.36. The summed E-state index contributed by atoms with van der Waals surface area (Å²) >= 11 is 3.40. The smallest absolute Gasteiger partial charge is 0.234 e. The molecule has 0 aliphatic heterocycles. The summed E-state index contributed by atoms with van der Waals surface area (Å²) in [5.74, 6) is -0.608. The van der Waals surface area contributed by atoms with Crippen molar-refractivity contribution in [1.82, 2.24) is 15.6 Å². The van der Waals surface area contributed by atoms with E-state index in [0.29, 0.717) is 12.1 Å². The molecule has 0 radical (unpaired) electrons. The zero-order valence-electron chi connectivity index (χ0n) is 13.8. The van der Waals surface area contributed by atoms with E-state index in [2.05, 4.69) is 37.6 Å². The van der Waals surface area contributed by atoms with Gasteiger partial charge in [0.05, 0.1) is 12.6 Å². The topological polar surface area (TPSA) is 97.8 Å². The maximum atomic E-state index is 11.9. The highest BCUT2D eigenvalue weighted by molar-refractivity contribution is 9.10. The highest BCUT2D eigenvalue weighted by Crippen LogP contribution is 2.21. The van der Waals surface area contributed by atoms with E-state index in [1.807, 2.05) is 31.2 Å². The van der Waals surface area contributed by atoms with Crippen LogP contribution in [0.3, 0.4) is 0 Å². The highest BCUT2D eigenvalue weighted by Gasteiger charge is 2.13. The Morgan fingerprint density at radius 2 is 2.24 bits per heavy atom. The van der Waals surface area contributed by atoms with Crippen molar-refractivity contribution in [3.05, 3.63) is 57.3 Å². The third kappa shape index (κ3) is 5.02. The maximum Gasteiger partial charge on any atom is 0.234 e. The van der Waals surface area contributed by atoms with E-state index in [0.717, 1.165) is 27.6 Å². The molecule has 2 aromatic rings. The number of aromatic amines is 1. The molecule has 0 spiro atoms. The van der Waals surface area contributed by atoms with Gasteiger partial charge < -0.3 is 15.6 Å². The summed E-state index contributed by atoms with van der Waals surface area (Å²) in [6, 6.07) is 9.52. The predicted octanol–water partition coefficient (Wildman–Crippen LogP) is 2.41. The number of aldehydes is 1. The van der Waals surface area contributed by atoms with Gasteiger partial charge in [-0.25, -0.2) is 0 Å². The number of halogens is 1. The van der Waals surface area contributed by atoms with Gasteiger partial charge in [0.1, 0.15) is 5.92 Å². The molecule has 25 heavy (non-hydrogen) atoms. The summed E-state index contributed by atoms with van der Waals surface area (Å²) in [6.45, 7) is 2.63. The molecule has 0 saturated heterocycles. The number of H-pyrrole nitrogens is 1. The van der Waals surface area contributed by atoms with Gasteiger partial charge in [0.2, 0.25) is 5.91 Å². The third-order valence-corrected chi connectivity index (χ3v) is 4.77. The number of hydrogen-bond acceptors (Lipinski definition) is 4. The number of amides is 1. The first kappa shape index (κ1) is 18.9. The quantitative estimate of drug-likeness (QED) is 0.590. The summed E-state index contributed by atoms with van der Waals surface area (Å²) in [6.07, 6.45) is 2.57. The molecular weight excluding hydrogens is 384 g/mol. The molecule has 0 fully saturated rings. The standard InChI is InChI=1S/C18H19BrN4O2/c1-12-15(11-24)13(4-5-16(12)19)8-21-10-18(25)23-9-14(7-20)17-3-2-6-22-17/h2-6,11,14,21-22H,8-10H2,1H3,(H,23,25)/t14-/m0/s1. The van der Waals surface area contributed by atoms with Crippen molar-refractivity contribution < 1.29 is 9.59 Å². The van der Waals surface area contributed by atoms with Gasteiger partial charge in [0.25, 0.3) is 0 Å². The van der Waals surface area contributed by atoms with Gasteiger partial charge in [-0.3, -0.25) is 9.59 Å². The third-order valence-electron chi connectivity index (χ3n) is 3.91. The number of benzene rings is 1. The van der Waals surface area contributed by atoms with Crippen LogP contribution in [-0.4, -0.2) is 30.3 Å². The Bertz CT molecular complexity index is 781. The number of nitriles is 1. The summed E-state index contributed by atoms with van der Waals surface area (Å²) in [4.78, 5) is 26.2. The number of hydrogen-bond donors (Lipinski definition) is 3. The molecule has 3 N–H and O–H groups in total. The minimum absolute atomic E-state index is 0.107. The van der Waals surface area contributed by atoms with Crippen molar-refractivity contribution >= 4 is 28.1 Å². The van der Waals surface area contributed by atoms with E-state index in [9.17, 15) is 9.59 Å². The van der Waals surface area contributed by atoms with Crippen molar-refractivity contribution in [3.8, 4) is 6.07 Å². The van der Waals surface area contributed by atoms with Crippen LogP contribution in [0.4, 0.5) is 0 Å². The molecule has 1 aromatic carbocycles. The number of carbonyl (C=O) groups excluding carboxylic acids is 2. The Morgan fingerprint density at radius 3 is 2.88 bits per heavy atom. The Balaban J connectivity index is 1.82. The van der Waals surface area contributed by atoms with Crippen LogP contribution in [0.5, 0.6) is 0 Å². The second-order valence-electron chi connectivity index (χ2n) is 5.58. The number of nitrogens with one attached hydrogen (secondary N) is 3. The monoisotopic (exact) mass is 402 g/mol. The molecule has 1 heterocycles. The van der Waals surface area contributed by atoms with Gasteiger partial charge in [-0.05, 0) is 36.2 Å². The zero-order valence-corrected chi connectivity index (χ0v) is 15.4. The minimum Gasteiger partial charge on any atom is -0.364 e. The molecule has 0 unspecified atom stereocenters. The molecule has 1 atom stereocenters. The van der Waals surface area contributed by atoms with Crippen molar-refractivity contribution in [2.75, 3.05) is 13.1 Å². The van der Waals surface area contributed by atoms with Gasteiger partial charge in [0, 0.05) is 35.0 Å². The molecule has 1 amide bonds. The first-order chi connectivity index (χ1) is 12.1. The lowest BCUT2D eigenvalue weighted by atomic mass is 10.0. The van der Waals surface area contributed by atoms with E-state index < -0.39 is 5.92 Å². The molecule has 1 aromatic heterocycles. The molecule has 0 aliphatic carbocycles. The minimum atomic E-state index is -0.408. The number of nitrogens with zero attached hydrogens (tertiary/aromatic N) is 1. The summed E-state index contributed by atoms with van der Waals surface area (Å²) in [7, 11) is 0. The van der Waals surface area contributed by atoms with Crippen molar-refractivity contribution in [1.29, 1.82) is 5.26 Å². The Labute approximate surface area is 154 Å². The van der Waals surface area contributed by atoms with E-state index in [1.165, 1.54) is 0 Å². The van der Waals surface area contributed by atoms with Gasteiger partial charge >= 0.3 is 0 Å². The summed E-state index contributed by atoms with van der Waals surface area (Å²) < 4.78 is 0.878. The fraction of sp³-hybridized carbons (Fsp3) is 0.278. The zero-order chi connectivity index (χ0) is 18.2. The molecule has 0 saturated carbocycles. The van der Waals surface area contributed by atoms with E-state index >= 15 is 0 Å². The maximum absolute atomic E-state index is 11.9. The first-order valence-corrected chi connectivity index (χ1v) is 8.59. The average Bonchev–Trinajstić information content (AvgIpc) is 3.13. The molecule has 6 nitrogen and oxygen atoms in total. The molecule has 130 valence electrons. The van der Waals surface area contributed by atoms with Crippen molar-refractivity contribution in [3.63, 3.8) is 0 Å². The fourth-order valence-electron chi connectivity index (χ4n) is 2.45. The van der Waals surface area contributed by atoms with Gasteiger partial charge in [0.15, 0.2) is 6.29 Å². The molecular formula is C18H19BrN4O2. The largest absolute Gasteiger partial charge is 0.364 e. The molecule has 2 rings (SSSR count). The Morgan fingerprint density at radius 1 is 1.44 bits per heavy atom. The Kier molecular flexibility index (Phi) is 6.92. The van der Waals surface area contributed by atoms with Crippen molar-refractivity contribution in [2.24, 2.45) is 0 Å². The first-order valence-electron chi connectivity index (χ1n) is 7.80. The van der Waals surface area contributed by atoms with Crippen LogP contribution < -0.4 is 10.6 Å². The number of carbonyl (C=O) groups is 2. The highest BCUT2D eigenvalue weighted by atomic mass is 79.9. The second kappa shape index (κ2) is 9.16. The van der Waals surface area contributed by atoms with Gasteiger partial charge in [-0.15, -0.1) is 0 Å². The van der Waals surface area contributed by atoms with E-state index in [-0.39, 0.29) is 19.0 Å². The summed E-state index contributed by atoms with van der Waals surface area (Å²) in [5.41, 5.74) is 3.11. The van der Waals surface area contributed by atoms with Crippen LogP contribution in [0.15, 0.2) is 34.9 Å². The number of aromatic nitrogens is 1. The van der Waals surface area contributed by atoms with Crippen LogP contribution in [-0.2, 0) is 11.3 Å². The van der Waals surface area contributed by atoms with Gasteiger partial charge in [-0.2, -0.15) is 5.26 Å². The fourth-order valence-corrected chi connectivity index (χ4v) is 2.80. The molecule has 7 heteroatoms. The van der Waals surface area contributed by atoms with E-state index in [4.69, 9.17) is 5.26 Å². The summed E-state index contributed by atoms with van der Waals surface area (Å²) in [5, 5.41) is 14.9. The van der Waals surface area contributed by atoms with Crippen LogP contribution in [0.1, 0.15) is 33.1 Å². The SMILES string of the molecule is Cc1c(Br)ccc(CNCC(=O)NC[C@H](C#N)c2ccc[nH]2)c1C=O.